The van der Waals surface area contributed by atoms with Crippen molar-refractivity contribution in [3.63, 3.8) is 0 Å². The molecule has 0 aromatic heterocycles. The number of carbonyl (C=O) groups is 1. The summed E-state index contributed by atoms with van der Waals surface area (Å²) in [5, 5.41) is 6.15. The van der Waals surface area contributed by atoms with Gasteiger partial charge in [0, 0.05) is 18.2 Å². The van der Waals surface area contributed by atoms with Crippen molar-refractivity contribution < 1.29 is 14.3 Å². The maximum absolute atomic E-state index is 11.7. The fraction of sp³-hybridized carbons (Fsp3) is 0.462. The highest BCUT2D eigenvalue weighted by atomic mass is 35.5. The Labute approximate surface area is 118 Å². The van der Waals surface area contributed by atoms with Crippen LogP contribution >= 0.6 is 11.6 Å². The molecule has 1 aromatic carbocycles. The molecule has 0 radical (unpaired) electrons. The van der Waals surface area contributed by atoms with Gasteiger partial charge < -0.3 is 20.1 Å². The lowest BCUT2D eigenvalue weighted by Gasteiger charge is -2.13. The lowest BCUT2D eigenvalue weighted by molar-refractivity contribution is -0.115. The number of anilines is 1. The number of hydrogen-bond donors (Lipinski definition) is 2. The van der Waals surface area contributed by atoms with Crippen LogP contribution < -0.4 is 20.1 Å². The fourth-order valence-electron chi connectivity index (χ4n) is 1.44. The summed E-state index contributed by atoms with van der Waals surface area (Å²) in [4.78, 5) is 11.7. The van der Waals surface area contributed by atoms with Crippen molar-refractivity contribution in [3.05, 3.63) is 17.2 Å². The van der Waals surface area contributed by atoms with Gasteiger partial charge in [-0.15, -0.1) is 0 Å². The van der Waals surface area contributed by atoms with Gasteiger partial charge in [-0.2, -0.15) is 0 Å². The second-order valence-corrected chi connectivity index (χ2v) is 4.68. The molecule has 0 unspecified atom stereocenters. The highest BCUT2D eigenvalue weighted by molar-refractivity contribution is 6.34. The molecule has 1 aromatic rings. The molecule has 1 amide bonds. The van der Waals surface area contributed by atoms with E-state index in [9.17, 15) is 4.79 Å². The average molecular weight is 287 g/mol. The van der Waals surface area contributed by atoms with Crippen LogP contribution in [0.25, 0.3) is 0 Å². The summed E-state index contributed by atoms with van der Waals surface area (Å²) in [7, 11) is 3.05. The molecule has 1 rings (SSSR count). The van der Waals surface area contributed by atoms with Gasteiger partial charge in [0.1, 0.15) is 0 Å². The van der Waals surface area contributed by atoms with Gasteiger partial charge in [0.25, 0.3) is 0 Å². The summed E-state index contributed by atoms with van der Waals surface area (Å²) in [6, 6.07) is 3.48. The van der Waals surface area contributed by atoms with Crippen molar-refractivity contribution in [2.45, 2.75) is 19.9 Å². The SMILES string of the molecule is COc1cc(Cl)c(NC(=O)CNC(C)C)cc1OC. The molecule has 0 aliphatic carbocycles. The third-order valence-corrected chi connectivity index (χ3v) is 2.73. The van der Waals surface area contributed by atoms with Crippen molar-refractivity contribution in [3.8, 4) is 11.5 Å². The number of carbonyl (C=O) groups excluding carboxylic acids is 1. The molecule has 5 nitrogen and oxygen atoms in total. The Balaban J connectivity index is 2.80. The summed E-state index contributed by atoms with van der Waals surface area (Å²) in [6.45, 7) is 4.16. The molecule has 0 atom stereocenters. The third kappa shape index (κ3) is 4.61. The van der Waals surface area contributed by atoms with Gasteiger partial charge in [0.15, 0.2) is 11.5 Å². The normalized spacial score (nSPS) is 10.4. The number of ether oxygens (including phenoxy) is 2. The second-order valence-electron chi connectivity index (χ2n) is 4.27. The predicted molar refractivity (Wildman–Crippen MR) is 76.3 cm³/mol. The summed E-state index contributed by atoms with van der Waals surface area (Å²) < 4.78 is 10.3. The maximum atomic E-state index is 11.7. The van der Waals surface area contributed by atoms with Crippen LogP contribution in [0.5, 0.6) is 11.5 Å². The van der Waals surface area contributed by atoms with Gasteiger partial charge in [0.05, 0.1) is 31.5 Å². The Morgan fingerprint density at radius 1 is 1.26 bits per heavy atom. The molecule has 0 fully saturated rings. The Kier molecular flexibility index (Phi) is 5.92. The van der Waals surface area contributed by atoms with E-state index in [0.717, 1.165) is 0 Å². The van der Waals surface area contributed by atoms with Crippen molar-refractivity contribution in [1.29, 1.82) is 0 Å². The van der Waals surface area contributed by atoms with Crippen LogP contribution in [0.4, 0.5) is 5.69 Å². The molecule has 106 valence electrons. The first-order valence-corrected chi connectivity index (χ1v) is 6.30. The van der Waals surface area contributed by atoms with Crippen molar-refractivity contribution in [2.75, 3.05) is 26.1 Å². The first-order valence-electron chi connectivity index (χ1n) is 5.92. The van der Waals surface area contributed by atoms with Crippen LogP contribution in [0.1, 0.15) is 13.8 Å². The van der Waals surface area contributed by atoms with Crippen molar-refractivity contribution >= 4 is 23.2 Å². The number of amides is 1. The van der Waals surface area contributed by atoms with E-state index in [1.54, 1.807) is 12.1 Å². The fourth-order valence-corrected chi connectivity index (χ4v) is 1.64. The molecule has 2 N–H and O–H groups in total. The van der Waals surface area contributed by atoms with Gasteiger partial charge in [-0.25, -0.2) is 0 Å². The highest BCUT2D eigenvalue weighted by Gasteiger charge is 2.12. The number of hydrogen-bond acceptors (Lipinski definition) is 4. The highest BCUT2D eigenvalue weighted by Crippen LogP contribution is 2.35. The van der Waals surface area contributed by atoms with Crippen molar-refractivity contribution in [2.24, 2.45) is 0 Å². The number of nitrogens with one attached hydrogen (secondary N) is 2. The smallest absolute Gasteiger partial charge is 0.238 e. The monoisotopic (exact) mass is 286 g/mol. The molecular formula is C13H19ClN2O3. The van der Waals surface area contributed by atoms with Gasteiger partial charge in [-0.3, -0.25) is 4.79 Å². The van der Waals surface area contributed by atoms with Gasteiger partial charge in [-0.1, -0.05) is 25.4 Å². The minimum Gasteiger partial charge on any atom is -0.493 e. The lowest BCUT2D eigenvalue weighted by atomic mass is 10.2. The standard InChI is InChI=1S/C13H19ClN2O3/c1-8(2)15-7-13(17)16-10-6-12(19-4)11(18-3)5-9(10)14/h5-6,8,15H,7H2,1-4H3,(H,16,17). The number of halogens is 1. The molecule has 0 aliphatic rings. The number of benzene rings is 1. The minimum absolute atomic E-state index is 0.164. The summed E-state index contributed by atoms with van der Waals surface area (Å²) in [5.74, 6) is 0.868. The second kappa shape index (κ2) is 7.21. The minimum atomic E-state index is -0.164. The van der Waals surface area contributed by atoms with E-state index >= 15 is 0 Å². The zero-order chi connectivity index (χ0) is 14.4. The molecule has 0 saturated carbocycles. The van der Waals surface area contributed by atoms with Gasteiger partial charge in [-0.05, 0) is 0 Å². The maximum Gasteiger partial charge on any atom is 0.238 e. The van der Waals surface area contributed by atoms with E-state index < -0.39 is 0 Å². The molecule has 0 spiro atoms. The number of methoxy groups -OCH3 is 2. The van der Waals surface area contributed by atoms with Crippen LogP contribution in [0.15, 0.2) is 12.1 Å². The van der Waals surface area contributed by atoms with Crippen LogP contribution in [-0.2, 0) is 4.79 Å². The first kappa shape index (κ1) is 15.6. The van der Waals surface area contributed by atoms with Crippen LogP contribution in [0, 0.1) is 0 Å². The Morgan fingerprint density at radius 2 is 1.84 bits per heavy atom. The van der Waals surface area contributed by atoms with E-state index in [0.29, 0.717) is 22.2 Å². The topological polar surface area (TPSA) is 59.6 Å². The van der Waals surface area contributed by atoms with E-state index in [-0.39, 0.29) is 18.5 Å². The zero-order valence-electron chi connectivity index (χ0n) is 11.5. The molecule has 0 saturated heterocycles. The predicted octanol–water partition coefficient (Wildman–Crippen LogP) is 2.29. The van der Waals surface area contributed by atoms with E-state index in [2.05, 4.69) is 10.6 Å². The molecule has 6 heteroatoms. The van der Waals surface area contributed by atoms with Crippen LogP contribution in [-0.4, -0.2) is 32.7 Å². The van der Waals surface area contributed by atoms with E-state index in [1.807, 2.05) is 13.8 Å². The molecule has 0 bridgehead atoms. The third-order valence-electron chi connectivity index (χ3n) is 2.42. The Morgan fingerprint density at radius 3 is 2.37 bits per heavy atom. The van der Waals surface area contributed by atoms with E-state index in [4.69, 9.17) is 21.1 Å². The Hall–Kier alpha value is -1.46. The first-order chi connectivity index (χ1) is 8.97. The summed E-state index contributed by atoms with van der Waals surface area (Å²) in [6.07, 6.45) is 0. The van der Waals surface area contributed by atoms with Crippen molar-refractivity contribution in [1.82, 2.24) is 5.32 Å². The molecule has 0 heterocycles. The largest absolute Gasteiger partial charge is 0.493 e. The average Bonchev–Trinajstić information content (AvgIpc) is 2.38. The summed E-state index contributed by atoms with van der Waals surface area (Å²) in [5.41, 5.74) is 0.495. The van der Waals surface area contributed by atoms with E-state index in [1.165, 1.54) is 14.2 Å². The van der Waals surface area contributed by atoms with Crippen LogP contribution in [0.2, 0.25) is 5.02 Å². The quantitative estimate of drug-likeness (QED) is 0.842. The Bertz CT molecular complexity index is 450. The molecular weight excluding hydrogens is 268 g/mol. The molecule has 19 heavy (non-hydrogen) atoms. The number of rotatable bonds is 6. The molecule has 0 aliphatic heterocycles. The van der Waals surface area contributed by atoms with Gasteiger partial charge >= 0.3 is 0 Å². The van der Waals surface area contributed by atoms with Gasteiger partial charge in [0.2, 0.25) is 5.91 Å². The van der Waals surface area contributed by atoms with Crippen LogP contribution in [0.3, 0.4) is 0 Å². The summed E-state index contributed by atoms with van der Waals surface area (Å²) >= 11 is 6.07. The zero-order valence-corrected chi connectivity index (χ0v) is 12.3. The lowest BCUT2D eigenvalue weighted by Crippen LogP contribution is -2.32.